The highest BCUT2D eigenvalue weighted by atomic mass is 32.2. The number of nitrogens with two attached hydrogens (primary N) is 1. The molecule has 0 aliphatic rings. The van der Waals surface area contributed by atoms with Gasteiger partial charge in [0.05, 0.1) is 25.0 Å². The summed E-state index contributed by atoms with van der Waals surface area (Å²) in [4.78, 5) is 8.62. The van der Waals surface area contributed by atoms with Gasteiger partial charge in [-0.25, -0.2) is 0 Å². The second-order valence-electron chi connectivity index (χ2n) is 5.07. The van der Waals surface area contributed by atoms with Crippen LogP contribution in [0.3, 0.4) is 0 Å². The first kappa shape index (κ1) is 16.4. The lowest BCUT2D eigenvalue weighted by molar-refractivity contribution is 0.414. The molecule has 0 unspecified atom stereocenters. The minimum atomic E-state index is 0.309. The van der Waals surface area contributed by atoms with Crippen LogP contribution in [0.1, 0.15) is 17.2 Å². The molecule has 8 heteroatoms. The van der Waals surface area contributed by atoms with Crippen molar-refractivity contribution in [3.05, 3.63) is 53.9 Å². The number of methoxy groups -OCH3 is 1. The third-order valence-corrected chi connectivity index (χ3v) is 4.36. The summed E-state index contributed by atoms with van der Waals surface area (Å²) in [6.45, 7) is 2.22. The molecule has 0 saturated carbocycles. The molecular formula is C16H18N6OS. The minimum absolute atomic E-state index is 0.309. The predicted octanol–water partition coefficient (Wildman–Crippen LogP) is 2.13. The van der Waals surface area contributed by atoms with E-state index in [4.69, 9.17) is 10.5 Å². The van der Waals surface area contributed by atoms with Gasteiger partial charge in [0.25, 0.3) is 0 Å². The zero-order chi connectivity index (χ0) is 16.9. The topological polar surface area (TPSA) is 91.7 Å². The van der Waals surface area contributed by atoms with Crippen molar-refractivity contribution >= 4 is 11.8 Å². The lowest BCUT2D eigenvalue weighted by atomic mass is 10.3. The highest BCUT2D eigenvalue weighted by molar-refractivity contribution is 7.98. The van der Waals surface area contributed by atoms with E-state index < -0.39 is 0 Å². The second kappa shape index (κ2) is 7.41. The molecule has 3 aromatic rings. The Morgan fingerprint density at radius 3 is 2.54 bits per heavy atom. The van der Waals surface area contributed by atoms with Crippen LogP contribution in [0.5, 0.6) is 5.75 Å². The van der Waals surface area contributed by atoms with E-state index in [1.54, 1.807) is 31.3 Å². The van der Waals surface area contributed by atoms with E-state index in [-0.39, 0.29) is 0 Å². The maximum atomic E-state index is 5.80. The van der Waals surface area contributed by atoms with Crippen LogP contribution in [-0.4, -0.2) is 31.8 Å². The number of nitrogens with zero attached hydrogens (tertiary/aromatic N) is 5. The molecule has 3 rings (SSSR count). The summed E-state index contributed by atoms with van der Waals surface area (Å²) in [5, 5.41) is 9.20. The summed E-state index contributed by atoms with van der Waals surface area (Å²) >= 11 is 1.55. The molecule has 0 bridgehead atoms. The van der Waals surface area contributed by atoms with Gasteiger partial charge >= 0.3 is 0 Å². The van der Waals surface area contributed by atoms with Gasteiger partial charge in [-0.3, -0.25) is 14.5 Å². The Morgan fingerprint density at radius 2 is 1.92 bits per heavy atom. The number of rotatable bonds is 6. The molecule has 0 radical (unpaired) electrons. The van der Waals surface area contributed by atoms with Gasteiger partial charge < -0.3 is 10.5 Å². The molecule has 1 aromatic carbocycles. The van der Waals surface area contributed by atoms with Gasteiger partial charge in [-0.1, -0.05) is 11.8 Å². The summed E-state index contributed by atoms with van der Waals surface area (Å²) in [5.74, 6) is 2.16. The van der Waals surface area contributed by atoms with E-state index in [0.717, 1.165) is 28.0 Å². The number of ether oxygens (including phenoxy) is 1. The average molecular weight is 342 g/mol. The number of benzene rings is 1. The zero-order valence-electron chi connectivity index (χ0n) is 13.5. The van der Waals surface area contributed by atoms with Crippen molar-refractivity contribution in [1.82, 2.24) is 24.7 Å². The first-order valence-corrected chi connectivity index (χ1v) is 8.39. The first-order valence-electron chi connectivity index (χ1n) is 7.40. The first-order chi connectivity index (χ1) is 11.7. The van der Waals surface area contributed by atoms with Gasteiger partial charge in [0, 0.05) is 23.8 Å². The Morgan fingerprint density at radius 1 is 1.12 bits per heavy atom. The summed E-state index contributed by atoms with van der Waals surface area (Å²) in [7, 11) is 1.64. The van der Waals surface area contributed by atoms with Crippen LogP contribution in [0.25, 0.3) is 5.69 Å². The molecule has 0 aliphatic carbocycles. The quantitative estimate of drug-likeness (QED) is 0.686. The Kier molecular flexibility index (Phi) is 5.07. The molecule has 7 nitrogen and oxygen atoms in total. The van der Waals surface area contributed by atoms with E-state index in [9.17, 15) is 0 Å². The maximum absolute atomic E-state index is 5.80. The van der Waals surface area contributed by atoms with Crippen molar-refractivity contribution in [2.24, 2.45) is 5.73 Å². The lowest BCUT2D eigenvalue weighted by Crippen LogP contribution is -2.07. The Hall–Kier alpha value is -2.45. The molecule has 2 heterocycles. The molecule has 0 amide bonds. The van der Waals surface area contributed by atoms with E-state index in [0.29, 0.717) is 18.1 Å². The van der Waals surface area contributed by atoms with E-state index in [1.807, 2.05) is 35.8 Å². The fourth-order valence-electron chi connectivity index (χ4n) is 2.15. The monoisotopic (exact) mass is 342 g/mol. The number of aryl methyl sites for hydroxylation is 1. The standard InChI is InChI=1S/C16H18N6OS/c1-11-8-19-12(9-18-11)10-24-16-21-20-15(7-17)22(16)13-3-5-14(23-2)6-4-13/h3-6,8-9H,7,10,17H2,1-2H3. The average Bonchev–Trinajstić information content (AvgIpc) is 3.04. The lowest BCUT2D eigenvalue weighted by Gasteiger charge is -2.10. The molecule has 2 N–H and O–H groups in total. The van der Waals surface area contributed by atoms with E-state index >= 15 is 0 Å². The van der Waals surface area contributed by atoms with Crippen LogP contribution >= 0.6 is 11.8 Å². The van der Waals surface area contributed by atoms with Crippen LogP contribution in [0, 0.1) is 6.92 Å². The van der Waals surface area contributed by atoms with Crippen molar-refractivity contribution in [3.63, 3.8) is 0 Å². The summed E-state index contributed by atoms with van der Waals surface area (Å²) in [6.07, 6.45) is 3.54. The third kappa shape index (κ3) is 3.55. The van der Waals surface area contributed by atoms with Crippen LogP contribution in [0.2, 0.25) is 0 Å². The van der Waals surface area contributed by atoms with Crippen LogP contribution in [-0.2, 0) is 12.3 Å². The van der Waals surface area contributed by atoms with Crippen molar-refractivity contribution in [1.29, 1.82) is 0 Å². The molecular weight excluding hydrogens is 324 g/mol. The van der Waals surface area contributed by atoms with Crippen LogP contribution in [0.4, 0.5) is 0 Å². The van der Waals surface area contributed by atoms with Crippen LogP contribution < -0.4 is 10.5 Å². The second-order valence-corrected chi connectivity index (χ2v) is 6.02. The highest BCUT2D eigenvalue weighted by Crippen LogP contribution is 2.25. The number of hydrogen-bond acceptors (Lipinski definition) is 7. The normalized spacial score (nSPS) is 10.8. The minimum Gasteiger partial charge on any atom is -0.497 e. The molecule has 24 heavy (non-hydrogen) atoms. The summed E-state index contributed by atoms with van der Waals surface area (Å²) in [5.41, 5.74) is 8.54. The van der Waals surface area contributed by atoms with Crippen molar-refractivity contribution in [3.8, 4) is 11.4 Å². The molecule has 0 fully saturated rings. The van der Waals surface area contributed by atoms with Gasteiger partial charge in [0.1, 0.15) is 5.75 Å². The molecule has 0 spiro atoms. The smallest absolute Gasteiger partial charge is 0.196 e. The van der Waals surface area contributed by atoms with Crippen LogP contribution in [0.15, 0.2) is 41.8 Å². The van der Waals surface area contributed by atoms with Gasteiger partial charge in [0.2, 0.25) is 0 Å². The molecule has 0 saturated heterocycles. The largest absolute Gasteiger partial charge is 0.497 e. The Balaban J connectivity index is 1.85. The number of thioether (sulfide) groups is 1. The van der Waals surface area contributed by atoms with Crippen molar-refractivity contribution in [2.75, 3.05) is 7.11 Å². The molecule has 2 aromatic heterocycles. The van der Waals surface area contributed by atoms with Crippen molar-refractivity contribution < 1.29 is 4.74 Å². The fourth-order valence-corrected chi connectivity index (χ4v) is 3.01. The summed E-state index contributed by atoms with van der Waals surface area (Å²) < 4.78 is 7.15. The maximum Gasteiger partial charge on any atom is 0.196 e. The van der Waals surface area contributed by atoms with Gasteiger partial charge in [0.15, 0.2) is 11.0 Å². The molecule has 0 aliphatic heterocycles. The van der Waals surface area contributed by atoms with Gasteiger partial charge in [-0.2, -0.15) is 0 Å². The predicted molar refractivity (Wildman–Crippen MR) is 92.1 cm³/mol. The van der Waals surface area contributed by atoms with Gasteiger partial charge in [-0.05, 0) is 31.2 Å². The Labute approximate surface area is 144 Å². The fraction of sp³-hybridized carbons (Fsp3) is 0.250. The number of hydrogen-bond donors (Lipinski definition) is 1. The van der Waals surface area contributed by atoms with Gasteiger partial charge in [-0.15, -0.1) is 10.2 Å². The molecule has 0 atom stereocenters. The van der Waals surface area contributed by atoms with E-state index in [2.05, 4.69) is 20.2 Å². The summed E-state index contributed by atoms with van der Waals surface area (Å²) in [6, 6.07) is 7.71. The van der Waals surface area contributed by atoms with E-state index in [1.165, 1.54) is 0 Å². The Bertz CT molecular complexity index is 800. The van der Waals surface area contributed by atoms with Crippen molar-refractivity contribution in [2.45, 2.75) is 24.4 Å². The molecule has 124 valence electrons. The number of aromatic nitrogens is 5. The highest BCUT2D eigenvalue weighted by Gasteiger charge is 2.14. The third-order valence-electron chi connectivity index (χ3n) is 3.40. The zero-order valence-corrected chi connectivity index (χ0v) is 14.3. The SMILES string of the molecule is COc1ccc(-n2c(CN)nnc2SCc2cnc(C)cn2)cc1.